The summed E-state index contributed by atoms with van der Waals surface area (Å²) in [5.74, 6) is 5.33. The van der Waals surface area contributed by atoms with E-state index in [2.05, 4.69) is 52.3 Å². The van der Waals surface area contributed by atoms with Crippen LogP contribution in [0.4, 0.5) is 0 Å². The third-order valence-electron chi connectivity index (χ3n) is 4.92. The minimum absolute atomic E-state index is 0.0670. The van der Waals surface area contributed by atoms with Crippen LogP contribution in [0.15, 0.2) is 12.2 Å². The lowest BCUT2D eigenvalue weighted by Gasteiger charge is -2.37. The SMILES string of the molecule is C=C(C[C@@H](CO[Si](C)(C)C(C)(C)C)OC(=O)CCC#CC)[C@H]1O[C@@H]1C=O. The summed E-state index contributed by atoms with van der Waals surface area (Å²) < 4.78 is 17.1. The molecule has 0 N–H and O–H groups in total. The standard InChI is InChI=1S/C20H32O5Si/c1-8-9-10-11-18(22)24-16(12-15(2)19-17(13-21)25-19)14-23-26(6,7)20(3,4)5/h13,16-17,19H,2,10-12,14H2,1,3-7H3/t16-,17+,19+/m0/s1. The molecule has 1 heterocycles. The van der Waals surface area contributed by atoms with Gasteiger partial charge in [0.15, 0.2) is 14.6 Å². The summed E-state index contributed by atoms with van der Waals surface area (Å²) in [5.41, 5.74) is 0.757. The molecule has 0 bridgehead atoms. The van der Waals surface area contributed by atoms with Crippen LogP contribution in [-0.2, 0) is 23.5 Å². The van der Waals surface area contributed by atoms with Gasteiger partial charge in [0.1, 0.15) is 18.3 Å². The molecule has 0 radical (unpaired) electrons. The van der Waals surface area contributed by atoms with Crippen molar-refractivity contribution in [3.63, 3.8) is 0 Å². The first-order chi connectivity index (χ1) is 12.0. The van der Waals surface area contributed by atoms with Crippen LogP contribution in [0.1, 0.15) is 47.0 Å². The third-order valence-corrected chi connectivity index (χ3v) is 9.42. The fourth-order valence-corrected chi connectivity index (χ4v) is 3.19. The lowest BCUT2D eigenvalue weighted by atomic mass is 10.1. The number of epoxide rings is 1. The molecule has 1 saturated heterocycles. The molecule has 0 aromatic heterocycles. The van der Waals surface area contributed by atoms with E-state index in [1.54, 1.807) is 6.92 Å². The van der Waals surface area contributed by atoms with E-state index in [0.29, 0.717) is 19.4 Å². The van der Waals surface area contributed by atoms with Gasteiger partial charge in [-0.3, -0.25) is 4.79 Å². The van der Waals surface area contributed by atoms with Gasteiger partial charge in [-0.05, 0) is 30.6 Å². The van der Waals surface area contributed by atoms with Crippen LogP contribution in [0.3, 0.4) is 0 Å². The lowest BCUT2D eigenvalue weighted by molar-refractivity contribution is -0.150. The summed E-state index contributed by atoms with van der Waals surface area (Å²) >= 11 is 0. The second-order valence-electron chi connectivity index (χ2n) is 8.13. The van der Waals surface area contributed by atoms with E-state index < -0.39 is 20.5 Å². The van der Waals surface area contributed by atoms with E-state index in [9.17, 15) is 9.59 Å². The summed E-state index contributed by atoms with van der Waals surface area (Å²) in [7, 11) is -1.96. The number of rotatable bonds is 10. The molecule has 5 nitrogen and oxygen atoms in total. The smallest absolute Gasteiger partial charge is 0.307 e. The van der Waals surface area contributed by atoms with Crippen LogP contribution in [0.5, 0.6) is 0 Å². The molecule has 0 amide bonds. The molecule has 26 heavy (non-hydrogen) atoms. The molecule has 1 fully saturated rings. The van der Waals surface area contributed by atoms with Crippen LogP contribution >= 0.6 is 0 Å². The molecule has 6 heteroatoms. The Balaban J connectivity index is 2.67. The van der Waals surface area contributed by atoms with Crippen LogP contribution in [0, 0.1) is 11.8 Å². The van der Waals surface area contributed by atoms with Crippen molar-refractivity contribution >= 4 is 20.6 Å². The van der Waals surface area contributed by atoms with Crippen LogP contribution in [0.2, 0.25) is 18.1 Å². The highest BCUT2D eigenvalue weighted by molar-refractivity contribution is 6.74. The Morgan fingerprint density at radius 1 is 1.38 bits per heavy atom. The predicted molar refractivity (Wildman–Crippen MR) is 104 cm³/mol. The molecule has 0 spiro atoms. The zero-order chi connectivity index (χ0) is 20.0. The quantitative estimate of drug-likeness (QED) is 0.145. The molecule has 146 valence electrons. The summed E-state index contributed by atoms with van der Waals surface area (Å²) in [6, 6.07) is 0. The van der Waals surface area contributed by atoms with Crippen molar-refractivity contribution in [2.75, 3.05) is 6.61 Å². The zero-order valence-corrected chi connectivity index (χ0v) is 17.9. The largest absolute Gasteiger partial charge is 0.460 e. The highest BCUT2D eigenvalue weighted by Gasteiger charge is 2.42. The van der Waals surface area contributed by atoms with E-state index in [1.807, 2.05) is 0 Å². The van der Waals surface area contributed by atoms with E-state index in [-0.39, 0.29) is 23.5 Å². The number of hydrogen-bond donors (Lipinski definition) is 0. The number of ether oxygens (including phenoxy) is 2. The predicted octanol–water partition coefficient (Wildman–Crippen LogP) is 3.64. The number of carbonyl (C=O) groups excluding carboxylic acids is 2. The lowest BCUT2D eigenvalue weighted by Crippen LogP contribution is -2.43. The first-order valence-corrected chi connectivity index (χ1v) is 11.9. The third kappa shape index (κ3) is 7.06. The first-order valence-electron chi connectivity index (χ1n) is 9.03. The van der Waals surface area contributed by atoms with Gasteiger partial charge in [0.2, 0.25) is 0 Å². The fraction of sp³-hybridized carbons (Fsp3) is 0.700. The van der Waals surface area contributed by atoms with Gasteiger partial charge in [-0.15, -0.1) is 11.8 Å². The van der Waals surface area contributed by atoms with Gasteiger partial charge in [0.05, 0.1) is 13.0 Å². The maximum absolute atomic E-state index is 12.1. The molecule has 0 aliphatic carbocycles. The number of hydrogen-bond acceptors (Lipinski definition) is 5. The number of carbonyl (C=O) groups is 2. The Hall–Kier alpha value is -1.42. The molecule has 1 aliphatic rings. The molecular weight excluding hydrogens is 348 g/mol. The average molecular weight is 381 g/mol. The van der Waals surface area contributed by atoms with Gasteiger partial charge in [-0.25, -0.2) is 0 Å². The molecule has 3 atom stereocenters. The van der Waals surface area contributed by atoms with Crippen molar-refractivity contribution in [3.05, 3.63) is 12.2 Å². The maximum Gasteiger partial charge on any atom is 0.307 e. The van der Waals surface area contributed by atoms with E-state index in [1.165, 1.54) is 0 Å². The van der Waals surface area contributed by atoms with Crippen LogP contribution in [0.25, 0.3) is 0 Å². The van der Waals surface area contributed by atoms with Crippen LogP contribution < -0.4 is 0 Å². The highest BCUT2D eigenvalue weighted by atomic mass is 28.4. The van der Waals surface area contributed by atoms with Crippen molar-refractivity contribution < 1.29 is 23.5 Å². The molecule has 0 aromatic rings. The molecule has 0 aromatic carbocycles. The minimum Gasteiger partial charge on any atom is -0.460 e. The van der Waals surface area contributed by atoms with E-state index in [0.717, 1.165) is 11.9 Å². The van der Waals surface area contributed by atoms with Gasteiger partial charge >= 0.3 is 5.97 Å². The monoisotopic (exact) mass is 380 g/mol. The first kappa shape index (κ1) is 22.6. The Labute approximate surface area is 158 Å². The molecular formula is C20H32O5Si. The Morgan fingerprint density at radius 3 is 2.54 bits per heavy atom. The van der Waals surface area contributed by atoms with Gasteiger partial charge in [0, 0.05) is 12.8 Å². The number of esters is 1. The number of aldehydes is 1. The normalized spacial score (nSPS) is 20.5. The van der Waals surface area contributed by atoms with Crippen molar-refractivity contribution in [2.45, 2.75) is 83.4 Å². The zero-order valence-electron chi connectivity index (χ0n) is 16.9. The van der Waals surface area contributed by atoms with Crippen molar-refractivity contribution in [2.24, 2.45) is 0 Å². The molecule has 0 unspecified atom stereocenters. The van der Waals surface area contributed by atoms with Crippen molar-refractivity contribution in [3.8, 4) is 11.8 Å². The van der Waals surface area contributed by atoms with Crippen molar-refractivity contribution in [1.82, 2.24) is 0 Å². The Bertz CT molecular complexity index is 579. The molecule has 1 rings (SSSR count). The Kier molecular flexibility index (Phi) is 8.26. The van der Waals surface area contributed by atoms with Gasteiger partial charge in [-0.1, -0.05) is 27.4 Å². The summed E-state index contributed by atoms with van der Waals surface area (Å²) in [6.45, 7) is 16.8. The highest BCUT2D eigenvalue weighted by Crippen LogP contribution is 2.37. The Morgan fingerprint density at radius 2 is 2.04 bits per heavy atom. The van der Waals surface area contributed by atoms with Gasteiger partial charge in [-0.2, -0.15) is 0 Å². The van der Waals surface area contributed by atoms with Crippen LogP contribution in [-0.4, -0.2) is 45.5 Å². The molecule has 0 saturated carbocycles. The van der Waals surface area contributed by atoms with Crippen molar-refractivity contribution in [1.29, 1.82) is 0 Å². The fourth-order valence-electron chi connectivity index (χ4n) is 2.15. The van der Waals surface area contributed by atoms with Gasteiger partial charge < -0.3 is 18.7 Å². The second kappa shape index (κ2) is 9.49. The minimum atomic E-state index is -1.96. The van der Waals surface area contributed by atoms with E-state index >= 15 is 0 Å². The maximum atomic E-state index is 12.1. The topological polar surface area (TPSA) is 65.1 Å². The summed E-state index contributed by atoms with van der Waals surface area (Å²) in [6.07, 6.45) is 0.801. The average Bonchev–Trinajstić information content (AvgIpc) is 3.31. The van der Waals surface area contributed by atoms with Gasteiger partial charge in [0.25, 0.3) is 0 Å². The molecule has 1 aliphatic heterocycles. The second-order valence-corrected chi connectivity index (χ2v) is 12.9. The summed E-state index contributed by atoms with van der Waals surface area (Å²) in [4.78, 5) is 22.9. The van der Waals surface area contributed by atoms with E-state index in [4.69, 9.17) is 13.9 Å². The summed E-state index contributed by atoms with van der Waals surface area (Å²) in [5, 5.41) is 0.0670.